The molecule has 0 saturated carbocycles. The average molecular weight is 491 g/mol. The summed E-state index contributed by atoms with van der Waals surface area (Å²) in [6, 6.07) is 6.66. The van der Waals surface area contributed by atoms with Crippen molar-refractivity contribution in [1.82, 2.24) is 9.97 Å². The number of amides is 1. The Hall–Kier alpha value is -3.51. The van der Waals surface area contributed by atoms with E-state index in [1.165, 1.54) is 17.4 Å². The molecule has 1 fully saturated rings. The van der Waals surface area contributed by atoms with Gasteiger partial charge >= 0.3 is 6.61 Å². The van der Waals surface area contributed by atoms with E-state index in [-0.39, 0.29) is 23.5 Å². The van der Waals surface area contributed by atoms with E-state index in [1.54, 1.807) is 36.7 Å². The molecule has 5 N–H and O–H groups in total. The highest BCUT2D eigenvalue weighted by Gasteiger charge is 2.20. The number of aliphatic hydroxyl groups excluding tert-OH is 1. The maximum Gasteiger partial charge on any atom is 0.387 e. The Balaban J connectivity index is 1.58. The van der Waals surface area contributed by atoms with E-state index in [0.29, 0.717) is 47.9 Å². The molecule has 1 aliphatic rings. The minimum atomic E-state index is -3.01. The SMILES string of the molecule is Cc1cnc(Nc2ccc(N3CCC(O)CC3)cc2OC(F)F)nc1Nc1ccsc1C(N)=O. The fourth-order valence-electron chi connectivity index (χ4n) is 3.60. The number of aromatic nitrogens is 2. The number of hydrogen-bond acceptors (Lipinski definition) is 9. The zero-order valence-corrected chi connectivity index (χ0v) is 19.1. The second-order valence-electron chi connectivity index (χ2n) is 7.78. The van der Waals surface area contributed by atoms with E-state index in [1.807, 2.05) is 4.90 Å². The van der Waals surface area contributed by atoms with Crippen LogP contribution in [0.1, 0.15) is 28.1 Å². The van der Waals surface area contributed by atoms with Gasteiger partial charge in [-0.25, -0.2) is 4.98 Å². The lowest BCUT2D eigenvalue weighted by Crippen LogP contribution is -2.35. The lowest BCUT2D eigenvalue weighted by Gasteiger charge is -2.31. The molecule has 9 nitrogen and oxygen atoms in total. The monoisotopic (exact) mass is 490 g/mol. The number of nitrogens with one attached hydrogen (secondary N) is 2. The van der Waals surface area contributed by atoms with Crippen molar-refractivity contribution < 1.29 is 23.4 Å². The molecule has 0 atom stereocenters. The second kappa shape index (κ2) is 10.2. The minimum absolute atomic E-state index is 0.0499. The number of nitrogens with two attached hydrogens (primary N) is 1. The number of carbonyl (C=O) groups excluding carboxylic acids is 1. The molecule has 180 valence electrons. The molecule has 0 spiro atoms. The Morgan fingerprint density at radius 3 is 2.74 bits per heavy atom. The summed E-state index contributed by atoms with van der Waals surface area (Å²) in [6.45, 7) is 0.0150. The second-order valence-corrected chi connectivity index (χ2v) is 8.70. The molecular formula is C22H24F2N6O3S. The highest BCUT2D eigenvalue weighted by Crippen LogP contribution is 2.34. The van der Waals surface area contributed by atoms with Crippen molar-refractivity contribution in [1.29, 1.82) is 0 Å². The average Bonchev–Trinajstić information content (AvgIpc) is 3.26. The summed E-state index contributed by atoms with van der Waals surface area (Å²) in [5.74, 6) is -0.0269. The fourth-order valence-corrected chi connectivity index (χ4v) is 4.31. The van der Waals surface area contributed by atoms with E-state index in [9.17, 15) is 18.7 Å². The molecule has 1 aromatic carbocycles. The number of benzene rings is 1. The van der Waals surface area contributed by atoms with Crippen molar-refractivity contribution in [3.8, 4) is 5.75 Å². The van der Waals surface area contributed by atoms with Crippen LogP contribution in [-0.2, 0) is 0 Å². The molecule has 1 saturated heterocycles. The third kappa shape index (κ3) is 5.51. The number of ether oxygens (including phenoxy) is 1. The van der Waals surface area contributed by atoms with Gasteiger partial charge in [-0.3, -0.25) is 4.79 Å². The number of halogens is 2. The molecular weight excluding hydrogens is 466 g/mol. The molecule has 4 rings (SSSR count). The third-order valence-corrected chi connectivity index (χ3v) is 6.30. The Morgan fingerprint density at radius 1 is 1.26 bits per heavy atom. The number of anilines is 5. The smallest absolute Gasteiger partial charge is 0.387 e. The van der Waals surface area contributed by atoms with Gasteiger partial charge in [0.2, 0.25) is 5.95 Å². The molecule has 0 aliphatic carbocycles. The van der Waals surface area contributed by atoms with Gasteiger partial charge in [-0.1, -0.05) is 0 Å². The van der Waals surface area contributed by atoms with Crippen molar-refractivity contribution >= 4 is 46.1 Å². The summed E-state index contributed by atoms with van der Waals surface area (Å²) in [7, 11) is 0. The van der Waals surface area contributed by atoms with E-state index in [0.717, 1.165) is 5.69 Å². The first-order valence-corrected chi connectivity index (χ1v) is 11.4. The van der Waals surface area contributed by atoms with Crippen molar-refractivity contribution in [3.63, 3.8) is 0 Å². The number of aryl methyl sites for hydroxylation is 1. The van der Waals surface area contributed by atoms with Crippen LogP contribution in [0.4, 0.5) is 37.6 Å². The van der Waals surface area contributed by atoms with Gasteiger partial charge in [0.05, 0.1) is 17.5 Å². The van der Waals surface area contributed by atoms with Crippen LogP contribution in [0.15, 0.2) is 35.8 Å². The van der Waals surface area contributed by atoms with E-state index in [2.05, 4.69) is 20.6 Å². The van der Waals surface area contributed by atoms with Gasteiger partial charge in [0.25, 0.3) is 5.91 Å². The van der Waals surface area contributed by atoms with Crippen LogP contribution >= 0.6 is 11.3 Å². The summed E-state index contributed by atoms with van der Waals surface area (Å²) >= 11 is 1.21. The number of primary amides is 1. The predicted octanol–water partition coefficient (Wildman–Crippen LogP) is 4.00. The van der Waals surface area contributed by atoms with Crippen molar-refractivity contribution in [2.24, 2.45) is 5.73 Å². The van der Waals surface area contributed by atoms with Crippen molar-refractivity contribution in [2.45, 2.75) is 32.5 Å². The summed E-state index contributed by atoms with van der Waals surface area (Å²) in [6.07, 6.45) is 2.44. The van der Waals surface area contributed by atoms with Gasteiger partial charge in [-0.15, -0.1) is 11.3 Å². The highest BCUT2D eigenvalue weighted by molar-refractivity contribution is 7.12. The Kier molecular flexibility index (Phi) is 7.08. The van der Waals surface area contributed by atoms with Crippen LogP contribution in [0.5, 0.6) is 5.75 Å². The van der Waals surface area contributed by atoms with Crippen LogP contribution < -0.4 is 26.0 Å². The van der Waals surface area contributed by atoms with E-state index < -0.39 is 12.5 Å². The number of alkyl halides is 2. The van der Waals surface area contributed by atoms with Crippen LogP contribution in [-0.4, -0.2) is 46.8 Å². The number of piperidine rings is 1. The number of hydrogen-bond donors (Lipinski definition) is 4. The van der Waals surface area contributed by atoms with Gasteiger partial charge in [0, 0.05) is 36.6 Å². The highest BCUT2D eigenvalue weighted by atomic mass is 32.1. The Bertz CT molecular complexity index is 1170. The molecule has 1 aliphatic heterocycles. The molecule has 1 amide bonds. The molecule has 2 aromatic heterocycles. The first-order chi connectivity index (χ1) is 16.3. The topological polar surface area (TPSA) is 126 Å². The van der Waals surface area contributed by atoms with E-state index in [4.69, 9.17) is 10.5 Å². The number of thiophene rings is 1. The first kappa shape index (κ1) is 23.6. The summed E-state index contributed by atoms with van der Waals surface area (Å²) in [5.41, 5.74) is 7.62. The largest absolute Gasteiger partial charge is 0.433 e. The molecule has 0 unspecified atom stereocenters. The van der Waals surface area contributed by atoms with Crippen LogP contribution in [0.25, 0.3) is 0 Å². The molecule has 0 radical (unpaired) electrons. The minimum Gasteiger partial charge on any atom is -0.433 e. The number of aliphatic hydroxyl groups is 1. The molecule has 12 heteroatoms. The van der Waals surface area contributed by atoms with Gasteiger partial charge < -0.3 is 31.1 Å². The maximum absolute atomic E-state index is 13.1. The first-order valence-electron chi connectivity index (χ1n) is 10.6. The summed E-state index contributed by atoms with van der Waals surface area (Å²) in [5, 5.41) is 17.5. The molecule has 3 heterocycles. The van der Waals surface area contributed by atoms with Crippen LogP contribution in [0.3, 0.4) is 0 Å². The fraction of sp³-hybridized carbons (Fsp3) is 0.318. The van der Waals surface area contributed by atoms with Crippen LogP contribution in [0, 0.1) is 6.92 Å². The van der Waals surface area contributed by atoms with Gasteiger partial charge in [-0.05, 0) is 43.3 Å². The lowest BCUT2D eigenvalue weighted by molar-refractivity contribution is -0.0493. The third-order valence-electron chi connectivity index (χ3n) is 5.37. The zero-order chi connectivity index (χ0) is 24.2. The summed E-state index contributed by atoms with van der Waals surface area (Å²) in [4.78, 5) is 22.6. The summed E-state index contributed by atoms with van der Waals surface area (Å²) < 4.78 is 31.0. The zero-order valence-electron chi connectivity index (χ0n) is 18.3. The quantitative estimate of drug-likeness (QED) is 0.373. The predicted molar refractivity (Wildman–Crippen MR) is 127 cm³/mol. The molecule has 0 bridgehead atoms. The van der Waals surface area contributed by atoms with Crippen molar-refractivity contribution in [2.75, 3.05) is 28.6 Å². The molecule has 34 heavy (non-hydrogen) atoms. The van der Waals surface area contributed by atoms with Crippen molar-refractivity contribution in [3.05, 3.63) is 46.3 Å². The number of carbonyl (C=O) groups is 1. The number of rotatable bonds is 8. The van der Waals surface area contributed by atoms with Crippen LogP contribution in [0.2, 0.25) is 0 Å². The molecule has 3 aromatic rings. The number of nitrogens with zero attached hydrogens (tertiary/aromatic N) is 3. The standard InChI is InChI=1S/C22H24F2N6O3S/c1-12-11-26-22(29-20(12)27-16-6-9-34-18(16)19(25)32)28-15-3-2-13(10-17(15)33-21(23)24)30-7-4-14(31)5-8-30/h2-3,6,9-11,14,21,31H,4-5,7-8H2,1H3,(H2,25,32)(H2,26,27,28,29). The van der Waals surface area contributed by atoms with E-state index >= 15 is 0 Å². The Labute approximate surface area is 198 Å². The van der Waals surface area contributed by atoms with Gasteiger partial charge in [0.1, 0.15) is 10.7 Å². The van der Waals surface area contributed by atoms with Gasteiger partial charge in [-0.2, -0.15) is 13.8 Å². The van der Waals surface area contributed by atoms with Gasteiger partial charge in [0.15, 0.2) is 5.75 Å². The lowest BCUT2D eigenvalue weighted by atomic mass is 10.1. The normalized spacial score (nSPS) is 14.3. The maximum atomic E-state index is 13.1. The Morgan fingerprint density at radius 2 is 2.03 bits per heavy atom.